The lowest BCUT2D eigenvalue weighted by Gasteiger charge is -2.17. The first kappa shape index (κ1) is 18.7. The summed E-state index contributed by atoms with van der Waals surface area (Å²) < 4.78 is 5.60. The quantitative estimate of drug-likeness (QED) is 0.420. The van der Waals surface area contributed by atoms with E-state index < -0.39 is 0 Å². The number of halogens is 1. The average Bonchev–Trinajstić information content (AvgIpc) is 3.12. The molecule has 1 aromatic rings. The maximum Gasteiger partial charge on any atom is 0.191 e. The van der Waals surface area contributed by atoms with E-state index in [-0.39, 0.29) is 24.0 Å². The highest BCUT2D eigenvalue weighted by Gasteiger charge is 2.15. The van der Waals surface area contributed by atoms with E-state index in [0.717, 1.165) is 38.5 Å². The van der Waals surface area contributed by atoms with Crippen molar-refractivity contribution in [1.82, 2.24) is 10.6 Å². The standard InChI is InChI=1S/C15H25N3OS.HI/c1-12(9-14-6-4-8-20-14)10-17-15(16-2)18-11-13-5-3-7-19-13;/h4,6,8,12-13H,3,5,7,9-11H2,1-2H3,(H2,16,17,18);1H. The minimum Gasteiger partial charge on any atom is -0.376 e. The number of rotatable bonds is 6. The fourth-order valence-corrected chi connectivity index (χ4v) is 3.22. The van der Waals surface area contributed by atoms with Crippen molar-refractivity contribution in [1.29, 1.82) is 0 Å². The zero-order valence-electron chi connectivity index (χ0n) is 12.8. The van der Waals surface area contributed by atoms with Crippen LogP contribution in [0.25, 0.3) is 0 Å². The molecule has 21 heavy (non-hydrogen) atoms. The van der Waals surface area contributed by atoms with Gasteiger partial charge in [0.2, 0.25) is 0 Å². The molecule has 0 aliphatic carbocycles. The number of hydrogen-bond donors (Lipinski definition) is 2. The van der Waals surface area contributed by atoms with E-state index in [2.05, 4.69) is 40.1 Å². The molecule has 4 nitrogen and oxygen atoms in total. The Morgan fingerprint density at radius 1 is 1.52 bits per heavy atom. The summed E-state index contributed by atoms with van der Waals surface area (Å²) in [6.45, 7) is 4.94. The summed E-state index contributed by atoms with van der Waals surface area (Å²) >= 11 is 1.83. The molecule has 0 saturated carbocycles. The predicted octanol–water partition coefficient (Wildman–Crippen LogP) is 2.89. The van der Waals surface area contributed by atoms with Crippen molar-refractivity contribution in [3.63, 3.8) is 0 Å². The molecule has 1 aliphatic rings. The van der Waals surface area contributed by atoms with Crippen LogP contribution < -0.4 is 10.6 Å². The second-order valence-corrected chi connectivity index (χ2v) is 6.39. The van der Waals surface area contributed by atoms with Crippen molar-refractivity contribution in [2.45, 2.75) is 32.3 Å². The Kier molecular flexibility index (Phi) is 9.26. The number of thiophene rings is 1. The Balaban J connectivity index is 0.00000220. The van der Waals surface area contributed by atoms with E-state index in [0.29, 0.717) is 12.0 Å². The van der Waals surface area contributed by atoms with Crippen molar-refractivity contribution in [3.05, 3.63) is 22.4 Å². The van der Waals surface area contributed by atoms with Crippen molar-refractivity contribution < 1.29 is 4.74 Å². The van der Waals surface area contributed by atoms with E-state index in [1.807, 2.05) is 18.4 Å². The Hall–Kier alpha value is -0.340. The molecule has 0 aromatic carbocycles. The molecule has 2 atom stereocenters. The van der Waals surface area contributed by atoms with Crippen LogP contribution in [0, 0.1) is 5.92 Å². The van der Waals surface area contributed by atoms with E-state index in [9.17, 15) is 0 Å². The Labute approximate surface area is 148 Å². The predicted molar refractivity (Wildman–Crippen MR) is 101 cm³/mol. The summed E-state index contributed by atoms with van der Waals surface area (Å²) in [5, 5.41) is 8.87. The second kappa shape index (κ2) is 10.4. The number of aliphatic imine (C=N–C) groups is 1. The highest BCUT2D eigenvalue weighted by molar-refractivity contribution is 14.0. The van der Waals surface area contributed by atoms with Gasteiger partial charge in [-0.3, -0.25) is 4.99 Å². The Morgan fingerprint density at radius 3 is 3.00 bits per heavy atom. The van der Waals surface area contributed by atoms with Crippen LogP contribution in [-0.4, -0.2) is 38.8 Å². The van der Waals surface area contributed by atoms with Crippen LogP contribution in [0.5, 0.6) is 0 Å². The summed E-state index contributed by atoms with van der Waals surface area (Å²) in [6, 6.07) is 4.31. The number of hydrogen-bond acceptors (Lipinski definition) is 3. The molecule has 2 unspecified atom stereocenters. The maximum absolute atomic E-state index is 5.60. The van der Waals surface area contributed by atoms with Crippen LogP contribution in [-0.2, 0) is 11.2 Å². The minimum atomic E-state index is 0. The molecule has 1 fully saturated rings. The van der Waals surface area contributed by atoms with Gasteiger partial charge in [-0.05, 0) is 36.6 Å². The second-order valence-electron chi connectivity index (χ2n) is 5.36. The van der Waals surface area contributed by atoms with Crippen LogP contribution in [0.15, 0.2) is 22.5 Å². The van der Waals surface area contributed by atoms with E-state index >= 15 is 0 Å². The van der Waals surface area contributed by atoms with E-state index in [4.69, 9.17) is 4.74 Å². The molecule has 0 bridgehead atoms. The van der Waals surface area contributed by atoms with Gasteiger partial charge in [-0.2, -0.15) is 0 Å². The molecule has 1 aromatic heterocycles. The van der Waals surface area contributed by atoms with Gasteiger partial charge in [0.05, 0.1) is 6.10 Å². The van der Waals surface area contributed by atoms with Crippen molar-refractivity contribution in [3.8, 4) is 0 Å². The third kappa shape index (κ3) is 6.97. The fourth-order valence-electron chi connectivity index (χ4n) is 2.35. The molecule has 2 N–H and O–H groups in total. The van der Waals surface area contributed by atoms with Gasteiger partial charge < -0.3 is 15.4 Å². The summed E-state index contributed by atoms with van der Waals surface area (Å²) in [5.41, 5.74) is 0. The van der Waals surface area contributed by atoms with Gasteiger partial charge in [0.1, 0.15) is 0 Å². The molecule has 120 valence electrons. The number of guanidine groups is 1. The van der Waals surface area contributed by atoms with E-state index in [1.165, 1.54) is 11.3 Å². The van der Waals surface area contributed by atoms with Crippen LogP contribution in [0.2, 0.25) is 0 Å². The molecule has 0 amide bonds. The SMILES string of the molecule is CN=C(NCC(C)Cc1cccs1)NCC1CCCO1.I. The van der Waals surface area contributed by atoms with E-state index in [1.54, 1.807) is 0 Å². The highest BCUT2D eigenvalue weighted by Crippen LogP contribution is 2.13. The lowest BCUT2D eigenvalue weighted by Crippen LogP contribution is -2.42. The van der Waals surface area contributed by atoms with Gasteiger partial charge in [0, 0.05) is 31.6 Å². The first-order valence-electron chi connectivity index (χ1n) is 7.36. The Morgan fingerprint density at radius 2 is 2.38 bits per heavy atom. The number of nitrogens with one attached hydrogen (secondary N) is 2. The van der Waals surface area contributed by atoms with Crippen LogP contribution in [0.3, 0.4) is 0 Å². The number of ether oxygens (including phenoxy) is 1. The Bertz CT molecular complexity index is 405. The summed E-state index contributed by atoms with van der Waals surface area (Å²) in [5.74, 6) is 1.47. The van der Waals surface area contributed by atoms with Crippen molar-refractivity contribution in [2.24, 2.45) is 10.9 Å². The lowest BCUT2D eigenvalue weighted by molar-refractivity contribution is 0.114. The molecule has 2 rings (SSSR count). The summed E-state index contributed by atoms with van der Waals surface area (Å²) in [4.78, 5) is 5.71. The molecule has 2 heterocycles. The largest absolute Gasteiger partial charge is 0.376 e. The third-order valence-electron chi connectivity index (χ3n) is 3.49. The first-order valence-corrected chi connectivity index (χ1v) is 8.24. The molecule has 1 saturated heterocycles. The zero-order chi connectivity index (χ0) is 14.2. The molecular weight excluding hydrogens is 397 g/mol. The average molecular weight is 423 g/mol. The maximum atomic E-state index is 5.60. The lowest BCUT2D eigenvalue weighted by atomic mass is 10.1. The fraction of sp³-hybridized carbons (Fsp3) is 0.667. The monoisotopic (exact) mass is 423 g/mol. The highest BCUT2D eigenvalue weighted by atomic mass is 127. The first-order chi connectivity index (χ1) is 9.78. The van der Waals surface area contributed by atoms with Crippen molar-refractivity contribution >= 4 is 41.3 Å². The van der Waals surface area contributed by atoms with Crippen LogP contribution in [0.1, 0.15) is 24.6 Å². The molecule has 1 aliphatic heterocycles. The molecule has 6 heteroatoms. The van der Waals surface area contributed by atoms with Gasteiger partial charge in [-0.25, -0.2) is 0 Å². The molecule has 0 spiro atoms. The smallest absolute Gasteiger partial charge is 0.191 e. The van der Waals surface area contributed by atoms with Gasteiger partial charge in [-0.15, -0.1) is 35.3 Å². The minimum absolute atomic E-state index is 0. The summed E-state index contributed by atoms with van der Waals surface area (Å²) in [6.07, 6.45) is 3.79. The van der Waals surface area contributed by atoms with Gasteiger partial charge in [0.25, 0.3) is 0 Å². The van der Waals surface area contributed by atoms with Gasteiger partial charge in [0.15, 0.2) is 5.96 Å². The van der Waals surface area contributed by atoms with Crippen LogP contribution in [0.4, 0.5) is 0 Å². The topological polar surface area (TPSA) is 45.7 Å². The van der Waals surface area contributed by atoms with Crippen LogP contribution >= 0.6 is 35.3 Å². The third-order valence-corrected chi connectivity index (χ3v) is 4.39. The zero-order valence-corrected chi connectivity index (χ0v) is 15.9. The normalized spacial score (nSPS) is 19.9. The summed E-state index contributed by atoms with van der Waals surface area (Å²) in [7, 11) is 1.81. The van der Waals surface area contributed by atoms with Crippen molar-refractivity contribution in [2.75, 3.05) is 26.7 Å². The molecular formula is C15H26IN3OS. The van der Waals surface area contributed by atoms with Gasteiger partial charge in [-0.1, -0.05) is 13.0 Å². The molecule has 0 radical (unpaired) electrons. The number of nitrogens with zero attached hydrogens (tertiary/aromatic N) is 1. The van der Waals surface area contributed by atoms with Gasteiger partial charge >= 0.3 is 0 Å².